The summed E-state index contributed by atoms with van der Waals surface area (Å²) in [7, 11) is 1.48. The molecule has 2 aromatic heterocycles. The number of hydrogen-bond donors (Lipinski definition) is 3. The molecular weight excluding hydrogens is 362 g/mol. The number of aromatic nitrogens is 4. The summed E-state index contributed by atoms with van der Waals surface area (Å²) in [6.45, 7) is -0.311. The quantitative estimate of drug-likeness (QED) is 0.657. The fraction of sp³-hybridized carbons (Fsp3) is 0.688. The van der Waals surface area contributed by atoms with Gasteiger partial charge in [-0.2, -0.15) is 9.97 Å². The molecule has 2 unspecified atom stereocenters. The van der Waals surface area contributed by atoms with Crippen LogP contribution in [0, 0.1) is 0 Å². The molecule has 1 aliphatic carbocycles. The van der Waals surface area contributed by atoms with E-state index in [1.54, 1.807) is 10.9 Å². The average Bonchev–Trinajstić information content (AvgIpc) is 3.33. The van der Waals surface area contributed by atoms with Gasteiger partial charge in [0.15, 0.2) is 23.2 Å². The van der Waals surface area contributed by atoms with Crippen molar-refractivity contribution in [3.8, 4) is 0 Å². The first-order chi connectivity index (χ1) is 12.6. The van der Waals surface area contributed by atoms with Crippen molar-refractivity contribution < 1.29 is 19.7 Å². The molecule has 1 saturated carbocycles. The maximum Gasteiger partial charge on any atom is 0.226 e. The Morgan fingerprint density at radius 3 is 2.85 bits per heavy atom. The number of aliphatic hydroxyl groups is 2. The second kappa shape index (κ2) is 7.24. The molecule has 0 bridgehead atoms. The first-order valence-corrected chi connectivity index (χ1v) is 9.14. The maximum atomic E-state index is 10.3. The molecule has 10 heteroatoms. The first kappa shape index (κ1) is 17.9. The normalized spacial score (nSPS) is 29.7. The molecule has 2 aliphatic rings. The lowest BCUT2D eigenvalue weighted by atomic mass is 10.1. The number of anilines is 1. The monoisotopic (exact) mass is 383 g/mol. The summed E-state index contributed by atoms with van der Waals surface area (Å²) >= 11 is 6.13. The van der Waals surface area contributed by atoms with Crippen molar-refractivity contribution in [1.29, 1.82) is 0 Å². The number of nitrogens with one attached hydrogen (secondary N) is 1. The summed E-state index contributed by atoms with van der Waals surface area (Å²) < 4.78 is 12.8. The van der Waals surface area contributed by atoms with Crippen molar-refractivity contribution in [3.63, 3.8) is 0 Å². The van der Waals surface area contributed by atoms with Gasteiger partial charge in [0.2, 0.25) is 5.28 Å². The van der Waals surface area contributed by atoms with Gasteiger partial charge in [-0.3, -0.25) is 4.57 Å². The lowest BCUT2D eigenvalue weighted by Crippen LogP contribution is -2.34. The summed E-state index contributed by atoms with van der Waals surface area (Å²) in [6, 6.07) is 0.351. The van der Waals surface area contributed by atoms with Gasteiger partial charge < -0.3 is 25.0 Å². The van der Waals surface area contributed by atoms with E-state index in [1.807, 2.05) is 0 Å². The molecule has 1 aliphatic heterocycles. The van der Waals surface area contributed by atoms with Crippen LogP contribution in [0.25, 0.3) is 11.2 Å². The zero-order valence-corrected chi connectivity index (χ0v) is 15.1. The highest BCUT2D eigenvalue weighted by Gasteiger charge is 2.45. The van der Waals surface area contributed by atoms with Crippen LogP contribution in [0.2, 0.25) is 5.28 Å². The van der Waals surface area contributed by atoms with Crippen LogP contribution in [0.4, 0.5) is 5.82 Å². The highest BCUT2D eigenvalue weighted by atomic mass is 35.5. The van der Waals surface area contributed by atoms with Gasteiger partial charge >= 0.3 is 0 Å². The van der Waals surface area contributed by atoms with Crippen molar-refractivity contribution >= 4 is 28.6 Å². The summed E-state index contributed by atoms with van der Waals surface area (Å²) in [4.78, 5) is 13.0. The number of methoxy groups -OCH3 is 1. The van der Waals surface area contributed by atoms with Gasteiger partial charge in [-0.25, -0.2) is 4.98 Å². The van der Waals surface area contributed by atoms with E-state index in [0.29, 0.717) is 23.0 Å². The van der Waals surface area contributed by atoms with Gasteiger partial charge in [-0.1, -0.05) is 12.8 Å². The number of nitrogens with zero attached hydrogens (tertiary/aromatic N) is 4. The third-order valence-corrected chi connectivity index (χ3v) is 5.30. The smallest absolute Gasteiger partial charge is 0.226 e. The van der Waals surface area contributed by atoms with E-state index in [4.69, 9.17) is 21.1 Å². The Labute approximate surface area is 155 Å². The first-order valence-electron chi connectivity index (χ1n) is 8.76. The van der Waals surface area contributed by atoms with Crippen LogP contribution in [0.1, 0.15) is 31.9 Å². The van der Waals surface area contributed by atoms with E-state index < -0.39 is 24.5 Å². The van der Waals surface area contributed by atoms with Crippen LogP contribution in [0.3, 0.4) is 0 Å². The van der Waals surface area contributed by atoms with E-state index in [1.165, 1.54) is 20.0 Å². The molecule has 3 N–H and O–H groups in total. The second-order valence-corrected chi connectivity index (χ2v) is 7.07. The molecule has 2 fully saturated rings. The topological polar surface area (TPSA) is 115 Å². The van der Waals surface area contributed by atoms with Crippen molar-refractivity contribution in [1.82, 2.24) is 19.5 Å². The molecule has 0 spiro atoms. The molecule has 9 nitrogen and oxygen atoms in total. The minimum absolute atomic E-state index is 0.103. The lowest BCUT2D eigenvalue weighted by molar-refractivity contribution is -0.0583. The van der Waals surface area contributed by atoms with Gasteiger partial charge in [0.05, 0.1) is 12.9 Å². The van der Waals surface area contributed by atoms with Gasteiger partial charge in [-0.05, 0) is 24.4 Å². The van der Waals surface area contributed by atoms with E-state index in [0.717, 1.165) is 12.8 Å². The van der Waals surface area contributed by atoms with Crippen LogP contribution < -0.4 is 5.32 Å². The molecule has 3 heterocycles. The fourth-order valence-electron chi connectivity index (χ4n) is 3.79. The van der Waals surface area contributed by atoms with Crippen molar-refractivity contribution in [2.75, 3.05) is 19.0 Å². The predicted molar refractivity (Wildman–Crippen MR) is 94.0 cm³/mol. The number of halogens is 1. The van der Waals surface area contributed by atoms with Crippen LogP contribution in [0.5, 0.6) is 0 Å². The Hall–Kier alpha value is -1.52. The standard InChI is InChI=1S/C16H22ClN5O4/c1-25-12-11(24)9(6-23)26-15(12)22-7-18-10-13(19-8-4-2-3-5-8)20-16(17)21-14(10)22/h7-9,11-12,15,23-24H,2-6H2,1H3,(H,19,20,21)/t9-,11?,12?,15-/m1/s1. The average molecular weight is 384 g/mol. The summed E-state index contributed by atoms with van der Waals surface area (Å²) in [6.07, 6.45) is 3.10. The Kier molecular flexibility index (Phi) is 4.98. The maximum absolute atomic E-state index is 10.3. The van der Waals surface area contributed by atoms with E-state index in [9.17, 15) is 10.2 Å². The Morgan fingerprint density at radius 2 is 2.15 bits per heavy atom. The van der Waals surface area contributed by atoms with Crippen LogP contribution in [0.15, 0.2) is 6.33 Å². The Bertz CT molecular complexity index is 781. The van der Waals surface area contributed by atoms with Crippen LogP contribution >= 0.6 is 11.6 Å². The zero-order chi connectivity index (χ0) is 18.3. The number of ether oxygens (including phenoxy) is 2. The molecule has 26 heavy (non-hydrogen) atoms. The molecule has 2 aromatic rings. The zero-order valence-electron chi connectivity index (χ0n) is 14.4. The number of fused-ring (bicyclic) bond motifs is 1. The molecule has 0 amide bonds. The number of imidazole rings is 1. The largest absolute Gasteiger partial charge is 0.394 e. The minimum Gasteiger partial charge on any atom is -0.394 e. The van der Waals surface area contributed by atoms with Gasteiger partial charge in [0, 0.05) is 13.2 Å². The molecule has 4 atom stereocenters. The highest BCUT2D eigenvalue weighted by Crippen LogP contribution is 2.34. The molecular formula is C16H22ClN5O4. The minimum atomic E-state index is -0.958. The third-order valence-electron chi connectivity index (χ3n) is 5.13. The van der Waals surface area contributed by atoms with Crippen LogP contribution in [-0.2, 0) is 9.47 Å². The van der Waals surface area contributed by atoms with Gasteiger partial charge in [0.1, 0.15) is 18.3 Å². The predicted octanol–water partition coefficient (Wildman–Crippen LogP) is 1.10. The number of aliphatic hydroxyl groups excluding tert-OH is 2. The van der Waals surface area contributed by atoms with Gasteiger partial charge in [0.25, 0.3) is 0 Å². The lowest BCUT2D eigenvalue weighted by Gasteiger charge is -2.20. The SMILES string of the molecule is COC1C(O)[C@@H](CO)O[C@H]1n1cnc2c(NC3CCCC3)nc(Cl)nc21. The molecule has 142 valence electrons. The molecule has 0 radical (unpaired) electrons. The van der Waals surface area contributed by atoms with Crippen LogP contribution in [-0.4, -0.2) is 67.8 Å². The number of rotatable bonds is 5. The fourth-order valence-corrected chi connectivity index (χ4v) is 3.95. The summed E-state index contributed by atoms with van der Waals surface area (Å²) in [5.74, 6) is 0.594. The Morgan fingerprint density at radius 1 is 1.38 bits per heavy atom. The van der Waals surface area contributed by atoms with E-state index >= 15 is 0 Å². The van der Waals surface area contributed by atoms with Crippen molar-refractivity contribution in [2.24, 2.45) is 0 Å². The van der Waals surface area contributed by atoms with Gasteiger partial charge in [-0.15, -0.1) is 0 Å². The number of hydrogen-bond acceptors (Lipinski definition) is 8. The van der Waals surface area contributed by atoms with Crippen molar-refractivity contribution in [2.45, 2.75) is 56.3 Å². The Balaban J connectivity index is 1.71. The van der Waals surface area contributed by atoms with E-state index in [2.05, 4.69) is 20.3 Å². The molecule has 4 rings (SSSR count). The second-order valence-electron chi connectivity index (χ2n) is 6.73. The van der Waals surface area contributed by atoms with Crippen molar-refractivity contribution in [3.05, 3.63) is 11.6 Å². The summed E-state index contributed by atoms with van der Waals surface area (Å²) in [5, 5.41) is 23.2. The van der Waals surface area contributed by atoms with E-state index in [-0.39, 0.29) is 11.9 Å². The molecule has 1 saturated heterocycles. The summed E-state index contributed by atoms with van der Waals surface area (Å²) in [5.41, 5.74) is 1.07. The third kappa shape index (κ3) is 3.03. The highest BCUT2D eigenvalue weighted by molar-refractivity contribution is 6.28. The molecule has 0 aromatic carbocycles.